The van der Waals surface area contributed by atoms with Gasteiger partial charge in [0.15, 0.2) is 5.65 Å². The predicted octanol–water partition coefficient (Wildman–Crippen LogP) is 4.39. The molecule has 0 radical (unpaired) electrons. The lowest BCUT2D eigenvalue weighted by Crippen LogP contribution is -2.32. The summed E-state index contributed by atoms with van der Waals surface area (Å²) >= 11 is 0. The van der Waals surface area contributed by atoms with Crippen LogP contribution in [0.1, 0.15) is 63.9 Å². The van der Waals surface area contributed by atoms with Gasteiger partial charge >= 0.3 is 0 Å². The maximum atomic E-state index is 13.4. The minimum absolute atomic E-state index is 0.0917. The van der Waals surface area contributed by atoms with Crippen LogP contribution in [0.5, 0.6) is 0 Å². The van der Waals surface area contributed by atoms with E-state index in [0.29, 0.717) is 23.4 Å². The molecule has 1 aliphatic heterocycles. The zero-order valence-electron chi connectivity index (χ0n) is 24.7. The first kappa shape index (κ1) is 28.9. The number of nitrogens with zero attached hydrogens (tertiary/aromatic N) is 6. The van der Waals surface area contributed by atoms with Crippen molar-refractivity contribution < 1.29 is 8.42 Å². The van der Waals surface area contributed by atoms with Gasteiger partial charge in [0.25, 0.3) is 5.56 Å². The largest absolute Gasteiger partial charge is 0.324 e. The first-order chi connectivity index (χ1) is 19.3. The lowest BCUT2D eigenvalue weighted by atomic mass is 9.91. The first-order valence-electron chi connectivity index (χ1n) is 14.1. The van der Waals surface area contributed by atoms with Crippen LogP contribution in [0.2, 0.25) is 0 Å². The number of anilines is 2. The van der Waals surface area contributed by atoms with E-state index in [0.717, 1.165) is 43.1 Å². The van der Waals surface area contributed by atoms with E-state index < -0.39 is 9.84 Å². The monoisotopic (exact) mass is 577 g/mol. The van der Waals surface area contributed by atoms with Crippen molar-refractivity contribution in [3.8, 4) is 5.69 Å². The Balaban J connectivity index is 1.43. The van der Waals surface area contributed by atoms with Gasteiger partial charge in [0.2, 0.25) is 5.95 Å². The van der Waals surface area contributed by atoms with Crippen molar-refractivity contribution in [1.82, 2.24) is 29.2 Å². The van der Waals surface area contributed by atoms with Crippen molar-refractivity contribution in [2.75, 3.05) is 30.4 Å². The van der Waals surface area contributed by atoms with E-state index in [1.54, 1.807) is 17.1 Å². The summed E-state index contributed by atoms with van der Waals surface area (Å²) in [6, 6.07) is 10.1. The number of nitrogens with one attached hydrogen (secondary N) is 1. The predicted molar refractivity (Wildman–Crippen MR) is 163 cm³/mol. The number of hydrogen-bond donors (Lipinski definition) is 1. The van der Waals surface area contributed by atoms with Crippen LogP contribution in [-0.2, 0) is 28.2 Å². The Bertz CT molecular complexity index is 1750. The molecule has 0 fully saturated rings. The molecule has 0 saturated carbocycles. The van der Waals surface area contributed by atoms with Crippen LogP contribution in [0.3, 0.4) is 0 Å². The molecule has 1 N–H and O–H groups in total. The lowest BCUT2D eigenvalue weighted by Gasteiger charge is -2.29. The Morgan fingerprint density at radius 1 is 1.07 bits per heavy atom. The third-order valence-electron chi connectivity index (χ3n) is 7.41. The number of aromatic nitrogens is 5. The van der Waals surface area contributed by atoms with Crippen molar-refractivity contribution in [2.24, 2.45) is 0 Å². The van der Waals surface area contributed by atoms with Gasteiger partial charge in [-0.2, -0.15) is 4.98 Å². The molecule has 0 bridgehead atoms. The second-order valence-electron chi connectivity index (χ2n) is 12.3. The summed E-state index contributed by atoms with van der Waals surface area (Å²) in [6.45, 7) is 12.8. The van der Waals surface area contributed by atoms with Gasteiger partial charge in [-0.3, -0.25) is 14.7 Å². The summed E-state index contributed by atoms with van der Waals surface area (Å²) in [5.74, 6) is 0.632. The fourth-order valence-electron chi connectivity index (χ4n) is 5.29. The molecule has 0 amide bonds. The van der Waals surface area contributed by atoms with Crippen molar-refractivity contribution >= 4 is 32.5 Å². The number of benzene rings is 1. The van der Waals surface area contributed by atoms with Crippen molar-refractivity contribution in [3.05, 3.63) is 69.9 Å². The molecular weight excluding hydrogens is 538 g/mol. The maximum absolute atomic E-state index is 13.4. The average Bonchev–Trinajstić information content (AvgIpc) is 3.19. The molecule has 4 aromatic rings. The normalized spacial score (nSPS) is 14.5. The van der Waals surface area contributed by atoms with Crippen LogP contribution >= 0.6 is 0 Å². The lowest BCUT2D eigenvalue weighted by molar-refractivity contribution is 0.255. The van der Waals surface area contributed by atoms with Gasteiger partial charge in [-0.25, -0.2) is 22.8 Å². The number of sulfone groups is 1. The summed E-state index contributed by atoms with van der Waals surface area (Å²) in [5, 5.41) is 3.80. The van der Waals surface area contributed by atoms with Gasteiger partial charge in [-0.05, 0) is 68.6 Å². The molecule has 3 aromatic heterocycles. The standard InChI is InChI=1S/C30H39N7O3S/c1-20(2)36-28(38)25-18-32-29(34-27(25)37(36)24-10-12-31-26(17-24)30(3,4)5)33-23-9-8-22-19-35(14-11-21(22)16-23)13-7-15-41(6,39)40/h8-10,12,16-18,20H,7,11,13-15,19H2,1-6H3,(H,32,33,34). The second kappa shape index (κ2) is 11.0. The van der Waals surface area contributed by atoms with Crippen LogP contribution < -0.4 is 10.9 Å². The molecule has 4 heterocycles. The summed E-state index contributed by atoms with van der Waals surface area (Å²) in [4.78, 5) is 29.6. The van der Waals surface area contributed by atoms with Crippen molar-refractivity contribution in [2.45, 2.75) is 65.5 Å². The van der Waals surface area contributed by atoms with Gasteiger partial charge in [-0.1, -0.05) is 26.8 Å². The van der Waals surface area contributed by atoms with E-state index in [9.17, 15) is 13.2 Å². The first-order valence-corrected chi connectivity index (χ1v) is 16.1. The summed E-state index contributed by atoms with van der Waals surface area (Å²) in [7, 11) is -2.94. The molecule has 1 aromatic carbocycles. The number of pyridine rings is 1. The quantitative estimate of drug-likeness (QED) is 0.328. The molecule has 10 nitrogen and oxygen atoms in total. The van der Waals surface area contributed by atoms with E-state index in [1.807, 2.05) is 36.7 Å². The second-order valence-corrected chi connectivity index (χ2v) is 14.5. The van der Waals surface area contributed by atoms with Gasteiger partial charge in [-0.15, -0.1) is 0 Å². The molecule has 11 heteroatoms. The van der Waals surface area contributed by atoms with Crippen LogP contribution in [-0.4, -0.2) is 62.7 Å². The third-order valence-corrected chi connectivity index (χ3v) is 8.44. The van der Waals surface area contributed by atoms with E-state index in [4.69, 9.17) is 4.98 Å². The summed E-state index contributed by atoms with van der Waals surface area (Å²) in [5.41, 5.74) is 5.38. The molecule has 5 rings (SSSR count). The Morgan fingerprint density at radius 3 is 2.56 bits per heavy atom. The molecular formula is C30H39N7O3S. The van der Waals surface area contributed by atoms with E-state index in [1.165, 1.54) is 17.4 Å². The fourth-order valence-corrected chi connectivity index (χ4v) is 5.95. The van der Waals surface area contributed by atoms with E-state index in [2.05, 4.69) is 53.1 Å². The zero-order valence-corrected chi connectivity index (χ0v) is 25.5. The van der Waals surface area contributed by atoms with Crippen molar-refractivity contribution in [1.29, 1.82) is 0 Å². The summed E-state index contributed by atoms with van der Waals surface area (Å²) < 4.78 is 26.5. The SMILES string of the molecule is CC(C)n1c(=O)c2cnc(Nc3ccc4c(c3)CCN(CCCS(C)(=O)=O)C4)nc2n1-c1ccnc(C(C)(C)C)c1. The van der Waals surface area contributed by atoms with Gasteiger partial charge < -0.3 is 5.32 Å². The van der Waals surface area contributed by atoms with Gasteiger partial charge in [0.1, 0.15) is 15.2 Å². The molecule has 218 valence electrons. The molecule has 1 aliphatic rings. The topological polar surface area (TPSA) is 115 Å². The Hall–Kier alpha value is -3.57. The smallest absolute Gasteiger partial charge is 0.278 e. The van der Waals surface area contributed by atoms with E-state index in [-0.39, 0.29) is 22.8 Å². The minimum atomic E-state index is -2.94. The highest BCUT2D eigenvalue weighted by Gasteiger charge is 2.22. The zero-order chi connectivity index (χ0) is 29.5. The maximum Gasteiger partial charge on any atom is 0.278 e. The summed E-state index contributed by atoms with van der Waals surface area (Å²) in [6.07, 6.45) is 6.19. The Kier molecular flexibility index (Phi) is 7.78. The minimum Gasteiger partial charge on any atom is -0.324 e. The number of hydrogen-bond acceptors (Lipinski definition) is 8. The molecule has 0 unspecified atom stereocenters. The van der Waals surface area contributed by atoms with Crippen LogP contribution in [0.15, 0.2) is 47.5 Å². The highest BCUT2D eigenvalue weighted by molar-refractivity contribution is 7.90. The van der Waals surface area contributed by atoms with Crippen molar-refractivity contribution in [3.63, 3.8) is 0 Å². The molecule has 0 aliphatic carbocycles. The molecule has 0 atom stereocenters. The average molecular weight is 578 g/mol. The third kappa shape index (κ3) is 6.36. The van der Waals surface area contributed by atoms with Crippen LogP contribution in [0, 0.1) is 0 Å². The molecule has 41 heavy (non-hydrogen) atoms. The van der Waals surface area contributed by atoms with Gasteiger partial charge in [0.05, 0.1) is 11.4 Å². The Labute approximate surface area is 241 Å². The fraction of sp³-hybridized carbons (Fsp3) is 0.467. The van der Waals surface area contributed by atoms with Gasteiger partial charge in [0, 0.05) is 54.6 Å². The van der Waals surface area contributed by atoms with E-state index >= 15 is 0 Å². The molecule has 0 saturated heterocycles. The van der Waals surface area contributed by atoms with Crippen LogP contribution in [0.4, 0.5) is 11.6 Å². The molecule has 0 spiro atoms. The highest BCUT2D eigenvalue weighted by atomic mass is 32.2. The highest BCUT2D eigenvalue weighted by Crippen LogP contribution is 2.27. The number of rotatable bonds is 8. The Morgan fingerprint density at radius 2 is 1.85 bits per heavy atom. The number of fused-ring (bicyclic) bond motifs is 2. The van der Waals surface area contributed by atoms with Crippen LogP contribution in [0.25, 0.3) is 16.7 Å².